The highest BCUT2D eigenvalue weighted by Gasteiger charge is 2.41. The molecule has 0 aliphatic carbocycles. The van der Waals surface area contributed by atoms with Crippen molar-refractivity contribution in [3.63, 3.8) is 0 Å². The summed E-state index contributed by atoms with van der Waals surface area (Å²) in [5.41, 5.74) is 6.44. The van der Waals surface area contributed by atoms with E-state index in [1.165, 1.54) is 86.9 Å². The number of carbonyl (C=O) groups excluding carboxylic acids is 12. The second-order valence-corrected chi connectivity index (χ2v) is 28.1. The van der Waals surface area contributed by atoms with Crippen molar-refractivity contribution < 1.29 is 67.7 Å². The Morgan fingerprint density at radius 3 is 1.52 bits per heavy atom. The van der Waals surface area contributed by atoms with Gasteiger partial charge in [-0.3, -0.25) is 57.5 Å². The van der Waals surface area contributed by atoms with Gasteiger partial charge in [-0.15, -0.1) is 0 Å². The topological polar surface area (TPSA) is 342 Å². The monoisotopic (exact) mass is 1390 g/mol. The number of unbranched alkanes of at least 4 members (excludes halogenated alkanes) is 1. The molecule has 0 aromatic carbocycles. The van der Waals surface area contributed by atoms with Gasteiger partial charge >= 0.3 is 0 Å². The number of piperidine rings is 1. The summed E-state index contributed by atoms with van der Waals surface area (Å²) in [6, 6.07) is -11.4. The van der Waals surface area contributed by atoms with Gasteiger partial charge in [-0.25, -0.2) is 0 Å². The van der Waals surface area contributed by atoms with Gasteiger partial charge in [0.25, 0.3) is 0 Å². The van der Waals surface area contributed by atoms with E-state index in [1.807, 2.05) is 62.3 Å². The summed E-state index contributed by atoms with van der Waals surface area (Å²) in [5, 5.41) is 30.8. The second-order valence-electron chi connectivity index (χ2n) is 28.1. The van der Waals surface area contributed by atoms with Gasteiger partial charge < -0.3 is 71.5 Å². The molecule has 0 spiro atoms. The van der Waals surface area contributed by atoms with Crippen molar-refractivity contribution in [2.75, 3.05) is 61.4 Å². The van der Waals surface area contributed by atoms with Crippen molar-refractivity contribution in [1.29, 1.82) is 0 Å². The number of nitrogens with one attached hydrogen (secondary N) is 4. The zero-order chi connectivity index (χ0) is 75.9. The van der Waals surface area contributed by atoms with Crippen LogP contribution in [-0.2, 0) is 57.5 Å². The van der Waals surface area contributed by atoms with Crippen molar-refractivity contribution in [2.45, 2.75) is 233 Å². The van der Waals surface area contributed by atoms with Gasteiger partial charge in [-0.1, -0.05) is 137 Å². The molecule has 1 heterocycles. The lowest BCUT2D eigenvalue weighted by atomic mass is 9.98. The summed E-state index contributed by atoms with van der Waals surface area (Å²) in [4.78, 5) is 180. The molecular weight excluding hydrogens is 1270 g/mol. The Morgan fingerprint density at radius 1 is 0.515 bits per heavy atom. The molecule has 558 valence electrons. The Morgan fingerprint density at radius 2 is 1.00 bits per heavy atom. The molecule has 0 aromatic rings. The van der Waals surface area contributed by atoms with Crippen LogP contribution in [0.15, 0.2) is 73.6 Å². The number of allylic oxidation sites excluding steroid dienone is 5. The molecule has 1 fully saturated rings. The highest BCUT2D eigenvalue weighted by Crippen LogP contribution is 2.23. The highest BCUT2D eigenvalue weighted by atomic mass is 16.3. The van der Waals surface area contributed by atoms with Crippen molar-refractivity contribution in [3.8, 4) is 0 Å². The Labute approximate surface area is 589 Å². The number of nitrogens with two attached hydrogens (primary N) is 1. The zero-order valence-corrected chi connectivity index (χ0v) is 62.5. The summed E-state index contributed by atoms with van der Waals surface area (Å²) in [7, 11) is 7.02. The molecule has 1 saturated heterocycles. The molecule has 3 unspecified atom stereocenters. The van der Waals surface area contributed by atoms with Crippen molar-refractivity contribution in [3.05, 3.63) is 73.6 Å². The predicted molar refractivity (Wildman–Crippen MR) is 384 cm³/mol. The molecule has 99 heavy (non-hydrogen) atoms. The van der Waals surface area contributed by atoms with Crippen LogP contribution in [0.1, 0.15) is 173 Å². The van der Waals surface area contributed by atoms with Crippen molar-refractivity contribution in [1.82, 2.24) is 55.6 Å². The number of likely N-dealkylation sites (tertiary alicyclic amines) is 1. The van der Waals surface area contributed by atoms with E-state index in [0.29, 0.717) is 37.9 Å². The third-order valence-electron chi connectivity index (χ3n) is 17.3. The van der Waals surface area contributed by atoms with Crippen LogP contribution >= 0.6 is 0 Å². The van der Waals surface area contributed by atoms with E-state index in [9.17, 15) is 63.0 Å². The lowest BCUT2D eigenvalue weighted by molar-refractivity contribution is -0.150. The molecule has 26 heteroatoms. The van der Waals surface area contributed by atoms with Crippen LogP contribution in [-0.4, -0.2) is 237 Å². The van der Waals surface area contributed by atoms with Crippen LogP contribution in [0.4, 0.5) is 0 Å². The lowest BCUT2D eigenvalue weighted by Crippen LogP contribution is -2.60. The van der Waals surface area contributed by atoms with Crippen LogP contribution in [0.3, 0.4) is 0 Å². The molecule has 1 rings (SSSR count). The maximum atomic E-state index is 15.0. The minimum absolute atomic E-state index is 0.0170. The third kappa shape index (κ3) is 30.5. The second kappa shape index (κ2) is 44.1. The third-order valence-corrected chi connectivity index (χ3v) is 17.3. The maximum Gasteiger partial charge on any atom is 0.245 e. The highest BCUT2D eigenvalue weighted by molar-refractivity contribution is 5.99. The summed E-state index contributed by atoms with van der Waals surface area (Å²) >= 11 is 0. The fourth-order valence-electron chi connectivity index (χ4n) is 11.7. The van der Waals surface area contributed by atoms with Gasteiger partial charge in [0.2, 0.25) is 70.9 Å². The molecule has 1 aliphatic heterocycles. The van der Waals surface area contributed by atoms with Crippen molar-refractivity contribution in [2.24, 2.45) is 29.4 Å². The standard InChI is InChI=1S/C73H122N12O14/c1-22-25-30-49(12)41-60(68(94)77-55(40-50(13)31-32-51(14)86)71(97)81(19)58(65(74)91)37-46(6)7)82(20)70(96)54(36-45(4)5)76-62(88)43-56(72(98)84-34-28-27-29-35-84)78-66(92)57(24-3)80(18)73(99)61(39-48(10)11)83(21)69(95)53(16)75-67(93)59(38-47(8)9)79(17)64(90)44-85(33-26-23-2)63(89)42-52(15)87/h22,25,30-32,45-48,52-61,86-87H,1,12-14,23-24,26-29,33-44H2,2-11,15-21H3,(H2,74,91)(H,75,93)(H,76,88)(H,77,94)(H,78,92)/b30-25-,32-31-/t52?,53-,54?,55-,56?,57-,58-,59-,60-,61-/m0/s1. The van der Waals surface area contributed by atoms with E-state index in [2.05, 4.69) is 47.6 Å². The summed E-state index contributed by atoms with van der Waals surface area (Å²) in [6.45, 7) is 37.2. The average Bonchev–Trinajstić information content (AvgIpc) is 0.834. The Kier molecular flexibility index (Phi) is 39.6. The molecule has 0 bridgehead atoms. The molecular formula is C73H122N12O14. The van der Waals surface area contributed by atoms with Gasteiger partial charge in [0.1, 0.15) is 60.1 Å². The first-order valence-corrected chi connectivity index (χ1v) is 34.9. The number of amides is 12. The van der Waals surface area contributed by atoms with Crippen LogP contribution in [0, 0.1) is 23.7 Å². The quantitative estimate of drug-likeness (QED) is 0.0304. The van der Waals surface area contributed by atoms with E-state index in [1.54, 1.807) is 24.0 Å². The van der Waals surface area contributed by atoms with Crippen LogP contribution in [0.5, 0.6) is 0 Å². The zero-order valence-electron chi connectivity index (χ0n) is 62.5. The molecule has 1 aliphatic rings. The first kappa shape index (κ1) is 88.9. The lowest BCUT2D eigenvalue weighted by Gasteiger charge is -2.37. The molecule has 26 nitrogen and oxygen atoms in total. The number of carbonyl (C=O) groups is 12. The Hall–Kier alpha value is -8.16. The number of nitrogens with zero attached hydrogens (tertiary/aromatic N) is 7. The van der Waals surface area contributed by atoms with Crippen LogP contribution in [0.2, 0.25) is 0 Å². The van der Waals surface area contributed by atoms with E-state index >= 15 is 4.79 Å². The van der Waals surface area contributed by atoms with Gasteiger partial charge in [0.05, 0.1) is 25.5 Å². The van der Waals surface area contributed by atoms with Gasteiger partial charge in [0, 0.05) is 67.7 Å². The molecule has 0 aromatic heterocycles. The van der Waals surface area contributed by atoms with Gasteiger partial charge in [0.15, 0.2) is 0 Å². The van der Waals surface area contributed by atoms with E-state index in [-0.39, 0.29) is 99.5 Å². The molecule has 0 saturated carbocycles. The number of aliphatic hydroxyl groups excluding tert-OH is 2. The maximum absolute atomic E-state index is 15.0. The number of hydrogen-bond acceptors (Lipinski definition) is 14. The molecule has 0 radical (unpaired) electrons. The fourth-order valence-corrected chi connectivity index (χ4v) is 11.7. The number of primary amides is 1. The molecule has 12 amide bonds. The van der Waals surface area contributed by atoms with Gasteiger partial charge in [-0.2, -0.15) is 0 Å². The Bertz CT molecular complexity index is 2860. The van der Waals surface area contributed by atoms with E-state index in [4.69, 9.17) is 5.73 Å². The van der Waals surface area contributed by atoms with Crippen LogP contribution in [0.25, 0.3) is 0 Å². The minimum Gasteiger partial charge on any atom is -0.509 e. The first-order chi connectivity index (χ1) is 46.1. The normalized spacial score (nSPS) is 15.5. The predicted octanol–water partition coefficient (Wildman–Crippen LogP) is 5.23. The first-order valence-electron chi connectivity index (χ1n) is 34.9. The van der Waals surface area contributed by atoms with Crippen molar-refractivity contribution >= 4 is 70.9 Å². The summed E-state index contributed by atoms with van der Waals surface area (Å²) in [5.74, 6) is -8.92. The average molecular weight is 1390 g/mol. The number of hydrogen-bond donors (Lipinski definition) is 7. The van der Waals surface area contributed by atoms with E-state index < -0.39 is 138 Å². The smallest absolute Gasteiger partial charge is 0.245 e. The number of likely N-dealkylation sites (N-methyl/N-ethyl adjacent to an activating group) is 5. The number of rotatable bonds is 44. The molecule has 10 atom stereocenters. The van der Waals surface area contributed by atoms with Gasteiger partial charge in [-0.05, 0) is 101 Å². The Balaban J connectivity index is 3.78. The summed E-state index contributed by atoms with van der Waals surface area (Å²) < 4.78 is 0. The fraction of sp³-hybridized carbons (Fsp3) is 0.671. The number of aliphatic hydroxyl groups is 2. The van der Waals surface area contributed by atoms with E-state index in [0.717, 1.165) is 22.6 Å². The van der Waals surface area contributed by atoms with Crippen LogP contribution < -0.4 is 27.0 Å². The molecule has 8 N–H and O–H groups in total. The summed E-state index contributed by atoms with van der Waals surface area (Å²) in [6.07, 6.45) is 9.26. The minimum atomic E-state index is -1.51. The largest absolute Gasteiger partial charge is 0.509 e. The SMILES string of the molecule is C=C/C=C\C(=C)C[C@@H](C(=O)N[C@@H](CC(=C)/C=C\C(=C)O)C(=O)N(C)[C@@H](CC(C)C)C(N)=O)N(C)C(=O)C(CC(C)C)NC(=O)CC(NC(=O)[C@H](CC)N(C)C(=O)[C@H](CC(C)C)N(C)C(=O)[C@H](C)NC(=O)[C@H](CC(C)C)N(C)C(=O)CN(CCCC)C(=O)CC(C)O)C(=O)N1CCCCC1.